The normalized spacial score (nSPS) is 27.9. The molecule has 1 saturated carbocycles. The second-order valence-corrected chi connectivity index (χ2v) is 6.21. The van der Waals surface area contributed by atoms with Gasteiger partial charge in [0.2, 0.25) is 0 Å². The molecule has 1 aliphatic carbocycles. The summed E-state index contributed by atoms with van der Waals surface area (Å²) in [4.78, 5) is 14.4. The van der Waals surface area contributed by atoms with Crippen LogP contribution >= 0.6 is 0 Å². The molecule has 2 fully saturated rings. The first-order valence-electron chi connectivity index (χ1n) is 7.33. The van der Waals surface area contributed by atoms with Crippen LogP contribution in [-0.2, 0) is 0 Å². The average Bonchev–Trinajstić information content (AvgIpc) is 3.17. The van der Waals surface area contributed by atoms with Crippen molar-refractivity contribution < 1.29 is 9.90 Å². The van der Waals surface area contributed by atoms with Crippen LogP contribution in [0.3, 0.4) is 0 Å². The van der Waals surface area contributed by atoms with Gasteiger partial charge in [-0.2, -0.15) is 0 Å². The lowest BCUT2D eigenvalue weighted by Gasteiger charge is -2.35. The van der Waals surface area contributed by atoms with Gasteiger partial charge in [0.25, 0.3) is 0 Å². The van der Waals surface area contributed by atoms with Crippen LogP contribution in [0.15, 0.2) is 18.2 Å². The summed E-state index contributed by atoms with van der Waals surface area (Å²) in [5.41, 5.74) is 2.78. The molecule has 0 bridgehead atoms. The smallest absolute Gasteiger partial charge is 0.322 e. The molecule has 4 heteroatoms. The molecule has 0 unspecified atom stereocenters. The summed E-state index contributed by atoms with van der Waals surface area (Å²) in [5.74, 6) is 0.491. The molecule has 0 spiro atoms. The van der Waals surface area contributed by atoms with E-state index in [1.807, 2.05) is 36.9 Å². The van der Waals surface area contributed by atoms with Crippen LogP contribution in [0.25, 0.3) is 0 Å². The summed E-state index contributed by atoms with van der Waals surface area (Å²) in [6, 6.07) is 5.98. The Labute approximate surface area is 119 Å². The van der Waals surface area contributed by atoms with Crippen LogP contribution in [0.4, 0.5) is 10.5 Å². The third-order valence-electron chi connectivity index (χ3n) is 4.83. The number of nitrogens with zero attached hydrogens (tertiary/aromatic N) is 1. The first-order valence-corrected chi connectivity index (χ1v) is 7.33. The van der Waals surface area contributed by atoms with Crippen molar-refractivity contribution in [1.82, 2.24) is 4.90 Å². The lowest BCUT2D eigenvalue weighted by atomic mass is 10.0. The second-order valence-electron chi connectivity index (χ2n) is 6.21. The van der Waals surface area contributed by atoms with E-state index in [-0.39, 0.29) is 18.2 Å². The molecule has 1 heterocycles. The van der Waals surface area contributed by atoms with Crippen molar-refractivity contribution in [2.45, 2.75) is 38.6 Å². The van der Waals surface area contributed by atoms with Crippen molar-refractivity contribution in [3.8, 4) is 0 Å². The minimum atomic E-state index is -0.278. The fraction of sp³-hybridized carbons (Fsp3) is 0.562. The number of piperidine rings is 1. The number of aliphatic hydroxyl groups is 1. The fourth-order valence-electron chi connectivity index (χ4n) is 3.42. The van der Waals surface area contributed by atoms with Crippen molar-refractivity contribution in [2.24, 2.45) is 5.92 Å². The maximum atomic E-state index is 12.5. The molecular weight excluding hydrogens is 252 g/mol. The Bertz CT molecular complexity index is 543. The van der Waals surface area contributed by atoms with Crippen LogP contribution in [0.5, 0.6) is 0 Å². The third-order valence-corrected chi connectivity index (χ3v) is 4.83. The summed E-state index contributed by atoms with van der Waals surface area (Å²) in [5, 5.41) is 12.7. The Morgan fingerprint density at radius 3 is 3.05 bits per heavy atom. The predicted molar refractivity (Wildman–Crippen MR) is 78.8 cm³/mol. The molecule has 20 heavy (non-hydrogen) atoms. The number of nitrogens with one attached hydrogen (secondary N) is 1. The Balaban J connectivity index is 1.77. The number of aliphatic hydroxyl groups excluding tert-OH is 1. The van der Waals surface area contributed by atoms with Gasteiger partial charge in [0.1, 0.15) is 0 Å². The second kappa shape index (κ2) is 4.77. The maximum Gasteiger partial charge on any atom is 0.322 e. The van der Waals surface area contributed by atoms with Crippen molar-refractivity contribution >= 4 is 11.7 Å². The van der Waals surface area contributed by atoms with Gasteiger partial charge in [0.05, 0.1) is 12.1 Å². The minimum Gasteiger partial charge on any atom is -0.394 e. The van der Waals surface area contributed by atoms with Gasteiger partial charge in [-0.25, -0.2) is 4.79 Å². The molecule has 108 valence electrons. The van der Waals surface area contributed by atoms with Gasteiger partial charge in [-0.15, -0.1) is 0 Å². The van der Waals surface area contributed by atoms with E-state index in [0.717, 1.165) is 42.6 Å². The van der Waals surface area contributed by atoms with E-state index in [1.54, 1.807) is 0 Å². The number of benzene rings is 1. The highest BCUT2D eigenvalue weighted by molar-refractivity contribution is 5.91. The monoisotopic (exact) mass is 274 g/mol. The highest BCUT2D eigenvalue weighted by atomic mass is 16.3. The number of hydrogen-bond donors (Lipinski definition) is 2. The van der Waals surface area contributed by atoms with Gasteiger partial charge >= 0.3 is 6.03 Å². The summed E-state index contributed by atoms with van der Waals surface area (Å²) >= 11 is 0. The van der Waals surface area contributed by atoms with E-state index < -0.39 is 0 Å². The first kappa shape index (κ1) is 13.4. The molecule has 1 saturated heterocycles. The molecule has 0 aromatic heterocycles. The summed E-state index contributed by atoms with van der Waals surface area (Å²) in [6.07, 6.45) is 3.12. The Morgan fingerprint density at radius 2 is 2.30 bits per heavy atom. The van der Waals surface area contributed by atoms with Crippen LogP contribution in [0.1, 0.15) is 30.4 Å². The van der Waals surface area contributed by atoms with E-state index in [0.29, 0.717) is 5.92 Å². The number of rotatable bonds is 2. The van der Waals surface area contributed by atoms with Gasteiger partial charge in [-0.05, 0) is 56.2 Å². The zero-order valence-electron chi connectivity index (χ0n) is 12.1. The molecule has 4 nitrogen and oxygen atoms in total. The molecule has 1 aromatic carbocycles. The van der Waals surface area contributed by atoms with Crippen molar-refractivity contribution in [1.29, 1.82) is 0 Å². The minimum absolute atomic E-state index is 0.0741. The molecular formula is C16H22N2O2. The molecule has 1 aliphatic heterocycles. The van der Waals surface area contributed by atoms with Crippen LogP contribution in [0.2, 0.25) is 0 Å². The van der Waals surface area contributed by atoms with Gasteiger partial charge < -0.3 is 15.3 Å². The van der Waals surface area contributed by atoms with Gasteiger partial charge in [0.15, 0.2) is 0 Å². The number of amides is 2. The molecule has 2 atom stereocenters. The van der Waals surface area contributed by atoms with Gasteiger partial charge in [-0.1, -0.05) is 12.1 Å². The molecule has 2 N–H and O–H groups in total. The van der Waals surface area contributed by atoms with Crippen LogP contribution in [-0.4, -0.2) is 34.7 Å². The number of hydrogen-bond acceptors (Lipinski definition) is 2. The number of fused-ring (bicyclic) bond motifs is 1. The van der Waals surface area contributed by atoms with E-state index in [9.17, 15) is 9.90 Å². The zero-order chi connectivity index (χ0) is 14.3. The summed E-state index contributed by atoms with van der Waals surface area (Å²) in [6.45, 7) is 4.83. The Hall–Kier alpha value is -1.55. The summed E-state index contributed by atoms with van der Waals surface area (Å²) in [7, 11) is 0. The number of likely N-dealkylation sites (tertiary alicyclic amines) is 1. The van der Waals surface area contributed by atoms with E-state index in [1.165, 1.54) is 0 Å². The largest absolute Gasteiger partial charge is 0.394 e. The van der Waals surface area contributed by atoms with Crippen molar-refractivity contribution in [3.63, 3.8) is 0 Å². The third kappa shape index (κ3) is 2.08. The zero-order valence-corrected chi connectivity index (χ0v) is 12.1. The highest BCUT2D eigenvalue weighted by Gasteiger charge is 2.60. The van der Waals surface area contributed by atoms with E-state index in [2.05, 4.69) is 5.32 Å². The average molecular weight is 274 g/mol. The summed E-state index contributed by atoms with van der Waals surface area (Å²) < 4.78 is 0. The van der Waals surface area contributed by atoms with Crippen LogP contribution < -0.4 is 5.32 Å². The molecule has 0 radical (unpaired) electrons. The number of anilines is 1. The molecule has 3 rings (SSSR count). The lowest BCUT2D eigenvalue weighted by molar-refractivity contribution is 0.0996. The quantitative estimate of drug-likeness (QED) is 0.871. The van der Waals surface area contributed by atoms with Crippen molar-refractivity contribution in [2.75, 3.05) is 18.5 Å². The standard InChI is InChI=1S/C16H22N2O2/c1-11-5-6-12(2)14(8-11)17-15(20)18-7-3-4-13-9-16(13,18)10-19/h5-6,8,13,19H,3-4,7,9-10H2,1-2H3,(H,17,20)/t13-,16-/m1/s1. The fourth-order valence-corrected chi connectivity index (χ4v) is 3.42. The number of urea groups is 1. The predicted octanol–water partition coefficient (Wildman–Crippen LogP) is 2.68. The number of carbonyl (C=O) groups excluding carboxylic acids is 1. The first-order chi connectivity index (χ1) is 9.56. The van der Waals surface area contributed by atoms with Crippen LogP contribution in [0, 0.1) is 19.8 Å². The number of aryl methyl sites for hydroxylation is 2. The Morgan fingerprint density at radius 1 is 1.50 bits per heavy atom. The Kier molecular flexibility index (Phi) is 3.21. The topological polar surface area (TPSA) is 52.6 Å². The van der Waals surface area contributed by atoms with Gasteiger partial charge in [0, 0.05) is 12.2 Å². The number of carbonyl (C=O) groups is 1. The SMILES string of the molecule is Cc1ccc(C)c(NC(=O)N2CCC[C@@H]3C[C@@]32CO)c1. The highest BCUT2D eigenvalue weighted by Crippen LogP contribution is 2.53. The maximum absolute atomic E-state index is 12.5. The van der Waals surface area contributed by atoms with E-state index >= 15 is 0 Å². The molecule has 2 amide bonds. The molecule has 2 aliphatic rings. The van der Waals surface area contributed by atoms with Gasteiger partial charge in [-0.3, -0.25) is 0 Å². The molecule has 1 aromatic rings. The lowest BCUT2D eigenvalue weighted by Crippen LogP contribution is -2.50. The van der Waals surface area contributed by atoms with Crippen molar-refractivity contribution in [3.05, 3.63) is 29.3 Å². The van der Waals surface area contributed by atoms with E-state index in [4.69, 9.17) is 0 Å².